The molecule has 10 nitrogen and oxygen atoms in total. The molecule has 2 aromatic carbocycles. The molecule has 0 saturated heterocycles. The summed E-state index contributed by atoms with van der Waals surface area (Å²) in [5, 5.41) is 16.6. The average Bonchev–Trinajstić information content (AvgIpc) is 3.41. The SMILES string of the molecule is CC1(C(=O)Nc2cccc(NS(=O)(=O)c3ccc(-c4noc(-c5ncccc5O)n4)cc3)c2)CC1. The third-order valence-corrected chi connectivity index (χ3v) is 7.16. The molecule has 5 rings (SSSR count). The summed E-state index contributed by atoms with van der Waals surface area (Å²) in [6.45, 7) is 1.90. The monoisotopic (exact) mass is 491 g/mol. The van der Waals surface area contributed by atoms with Crippen LogP contribution in [-0.4, -0.2) is 34.6 Å². The predicted octanol–water partition coefficient (Wildman–Crippen LogP) is 4.04. The number of rotatable bonds is 7. The number of carbonyl (C=O) groups is 1. The van der Waals surface area contributed by atoms with E-state index in [1.807, 2.05) is 6.92 Å². The number of amides is 1. The van der Waals surface area contributed by atoms with E-state index in [4.69, 9.17) is 4.52 Å². The standard InChI is InChI=1S/C24H21N5O5S/c1-24(11-12-24)23(31)26-16-4-2-5-17(14-16)29-35(32,33)18-9-7-15(8-10-18)21-27-22(34-28-21)20-19(30)6-3-13-25-20/h2-10,13-14,29-30H,11-12H2,1H3,(H,26,31). The highest BCUT2D eigenvalue weighted by molar-refractivity contribution is 7.92. The highest BCUT2D eigenvalue weighted by Gasteiger charge is 2.44. The van der Waals surface area contributed by atoms with E-state index in [0.717, 1.165) is 12.8 Å². The minimum Gasteiger partial charge on any atom is -0.505 e. The molecule has 1 saturated carbocycles. The van der Waals surface area contributed by atoms with Crippen molar-refractivity contribution >= 4 is 27.3 Å². The largest absolute Gasteiger partial charge is 0.505 e. The van der Waals surface area contributed by atoms with Gasteiger partial charge in [0, 0.05) is 22.9 Å². The Morgan fingerprint density at radius 3 is 2.51 bits per heavy atom. The lowest BCUT2D eigenvalue weighted by Gasteiger charge is -2.12. The second-order valence-electron chi connectivity index (χ2n) is 8.52. The van der Waals surface area contributed by atoms with Gasteiger partial charge in [-0.25, -0.2) is 13.4 Å². The summed E-state index contributed by atoms with van der Waals surface area (Å²) in [6.07, 6.45) is 3.18. The Morgan fingerprint density at radius 2 is 1.80 bits per heavy atom. The number of aromatic hydroxyl groups is 1. The molecule has 3 N–H and O–H groups in total. The highest BCUT2D eigenvalue weighted by atomic mass is 32.2. The summed E-state index contributed by atoms with van der Waals surface area (Å²) in [6, 6.07) is 15.5. The fourth-order valence-corrected chi connectivity index (χ4v) is 4.40. The molecule has 0 bridgehead atoms. The number of benzene rings is 2. The van der Waals surface area contributed by atoms with Crippen LogP contribution >= 0.6 is 0 Å². The Hall–Kier alpha value is -4.25. The number of aromatic nitrogens is 3. The molecule has 0 aliphatic heterocycles. The average molecular weight is 492 g/mol. The Bertz CT molecular complexity index is 1510. The van der Waals surface area contributed by atoms with Gasteiger partial charge in [-0.15, -0.1) is 0 Å². The minimum atomic E-state index is -3.89. The summed E-state index contributed by atoms with van der Waals surface area (Å²) in [4.78, 5) is 20.6. The van der Waals surface area contributed by atoms with E-state index in [1.165, 1.54) is 24.4 Å². The lowest BCUT2D eigenvalue weighted by Crippen LogP contribution is -2.21. The maximum absolute atomic E-state index is 12.9. The number of nitrogens with one attached hydrogen (secondary N) is 2. The number of anilines is 2. The van der Waals surface area contributed by atoms with Crippen molar-refractivity contribution in [3.8, 4) is 28.7 Å². The molecule has 2 heterocycles. The first kappa shape index (κ1) is 22.5. The third kappa shape index (κ3) is 4.71. The van der Waals surface area contributed by atoms with E-state index in [9.17, 15) is 18.3 Å². The van der Waals surface area contributed by atoms with Crippen LogP contribution in [0.1, 0.15) is 19.8 Å². The quantitative estimate of drug-likeness (QED) is 0.351. The molecule has 0 spiro atoms. The number of pyridine rings is 1. The zero-order chi connectivity index (χ0) is 24.6. The molecule has 178 valence electrons. The van der Waals surface area contributed by atoms with Gasteiger partial charge < -0.3 is 14.9 Å². The maximum Gasteiger partial charge on any atom is 0.280 e. The Kier molecular flexibility index (Phi) is 5.48. The van der Waals surface area contributed by atoms with Crippen LogP contribution in [0.2, 0.25) is 0 Å². The molecular formula is C24H21N5O5S. The van der Waals surface area contributed by atoms with Gasteiger partial charge in [0.15, 0.2) is 5.69 Å². The zero-order valence-electron chi connectivity index (χ0n) is 18.6. The molecule has 0 atom stereocenters. The van der Waals surface area contributed by atoms with Gasteiger partial charge in [-0.3, -0.25) is 9.52 Å². The molecule has 11 heteroatoms. The van der Waals surface area contributed by atoms with Crippen molar-refractivity contribution in [2.45, 2.75) is 24.7 Å². The van der Waals surface area contributed by atoms with Crippen molar-refractivity contribution in [2.75, 3.05) is 10.0 Å². The van der Waals surface area contributed by atoms with Gasteiger partial charge in [0.05, 0.1) is 10.6 Å². The number of carbonyl (C=O) groups excluding carboxylic acids is 1. The van der Waals surface area contributed by atoms with Crippen LogP contribution in [0.15, 0.2) is 76.3 Å². The van der Waals surface area contributed by atoms with E-state index in [0.29, 0.717) is 16.9 Å². The highest BCUT2D eigenvalue weighted by Crippen LogP contribution is 2.45. The number of hydrogen-bond acceptors (Lipinski definition) is 8. The van der Waals surface area contributed by atoms with E-state index >= 15 is 0 Å². The van der Waals surface area contributed by atoms with Gasteiger partial charge >= 0.3 is 0 Å². The van der Waals surface area contributed by atoms with Crippen LogP contribution in [0.25, 0.3) is 23.0 Å². The molecule has 1 aliphatic rings. The first-order chi connectivity index (χ1) is 16.7. The van der Waals surface area contributed by atoms with Gasteiger partial charge in [-0.05, 0) is 67.4 Å². The van der Waals surface area contributed by atoms with Crippen molar-refractivity contribution in [3.63, 3.8) is 0 Å². The summed E-state index contributed by atoms with van der Waals surface area (Å²) >= 11 is 0. The third-order valence-electron chi connectivity index (χ3n) is 5.76. The van der Waals surface area contributed by atoms with Crippen LogP contribution < -0.4 is 10.0 Å². The van der Waals surface area contributed by atoms with E-state index in [1.54, 1.807) is 42.5 Å². The molecule has 1 amide bonds. The predicted molar refractivity (Wildman–Crippen MR) is 128 cm³/mol. The number of sulfonamides is 1. The first-order valence-corrected chi connectivity index (χ1v) is 12.2. The van der Waals surface area contributed by atoms with Crippen LogP contribution in [0.3, 0.4) is 0 Å². The lowest BCUT2D eigenvalue weighted by molar-refractivity contribution is -0.120. The maximum atomic E-state index is 12.9. The fraction of sp³-hybridized carbons (Fsp3) is 0.167. The first-order valence-electron chi connectivity index (χ1n) is 10.8. The summed E-state index contributed by atoms with van der Waals surface area (Å²) < 4.78 is 33.5. The Morgan fingerprint density at radius 1 is 1.06 bits per heavy atom. The van der Waals surface area contributed by atoms with Crippen LogP contribution in [0.4, 0.5) is 11.4 Å². The van der Waals surface area contributed by atoms with Crippen molar-refractivity contribution in [1.29, 1.82) is 0 Å². The second-order valence-corrected chi connectivity index (χ2v) is 10.2. The minimum absolute atomic E-state index is 0.0345. The molecule has 4 aromatic rings. The molecule has 0 radical (unpaired) electrons. The molecule has 0 unspecified atom stereocenters. The molecular weight excluding hydrogens is 470 g/mol. The molecule has 2 aromatic heterocycles. The lowest BCUT2D eigenvalue weighted by atomic mass is 10.1. The van der Waals surface area contributed by atoms with E-state index in [-0.39, 0.29) is 39.4 Å². The van der Waals surface area contributed by atoms with Gasteiger partial charge in [0.25, 0.3) is 15.9 Å². The van der Waals surface area contributed by atoms with Gasteiger partial charge in [0.1, 0.15) is 5.75 Å². The summed E-state index contributed by atoms with van der Waals surface area (Å²) in [5.41, 5.74) is 1.18. The van der Waals surface area contributed by atoms with Gasteiger partial charge in [-0.2, -0.15) is 4.98 Å². The molecule has 35 heavy (non-hydrogen) atoms. The van der Waals surface area contributed by atoms with Crippen molar-refractivity contribution in [2.24, 2.45) is 5.41 Å². The van der Waals surface area contributed by atoms with Gasteiger partial charge in [-0.1, -0.05) is 18.1 Å². The summed E-state index contributed by atoms with van der Waals surface area (Å²) in [5.74, 6) is 0.0884. The van der Waals surface area contributed by atoms with E-state index in [2.05, 4.69) is 25.2 Å². The number of nitrogens with zero attached hydrogens (tertiary/aromatic N) is 3. The topological polar surface area (TPSA) is 147 Å². The second kappa shape index (κ2) is 8.51. The van der Waals surface area contributed by atoms with E-state index < -0.39 is 10.0 Å². The zero-order valence-corrected chi connectivity index (χ0v) is 19.4. The smallest absolute Gasteiger partial charge is 0.280 e. The normalized spacial score (nSPS) is 14.3. The Balaban J connectivity index is 1.31. The van der Waals surface area contributed by atoms with Crippen molar-refractivity contribution in [3.05, 3.63) is 66.9 Å². The molecule has 1 aliphatic carbocycles. The van der Waals surface area contributed by atoms with Crippen LogP contribution in [0, 0.1) is 5.41 Å². The van der Waals surface area contributed by atoms with Crippen molar-refractivity contribution < 1.29 is 22.8 Å². The van der Waals surface area contributed by atoms with Gasteiger partial charge in [0.2, 0.25) is 11.7 Å². The number of hydrogen-bond donors (Lipinski definition) is 3. The summed E-state index contributed by atoms with van der Waals surface area (Å²) in [7, 11) is -3.89. The van der Waals surface area contributed by atoms with Crippen LogP contribution in [-0.2, 0) is 14.8 Å². The van der Waals surface area contributed by atoms with Crippen LogP contribution in [0.5, 0.6) is 5.75 Å². The Labute approximate surface area is 201 Å². The van der Waals surface area contributed by atoms with Crippen molar-refractivity contribution in [1.82, 2.24) is 15.1 Å². The fourth-order valence-electron chi connectivity index (χ4n) is 3.35. The molecule has 1 fully saturated rings.